The number of ether oxygens (including phenoxy) is 5. The number of allylic oxidation sites excluding steroid dienone is 1. The minimum atomic E-state index is -0.683. The molecular formula is C30H28Cl2N2O6. The van der Waals surface area contributed by atoms with Gasteiger partial charge in [0.2, 0.25) is 5.88 Å². The zero-order valence-electron chi connectivity index (χ0n) is 22.4. The lowest BCUT2D eigenvalue weighted by Crippen LogP contribution is -2.21. The lowest BCUT2D eigenvalue weighted by atomic mass is 9.83. The fraction of sp³-hybridized carbons (Fsp3) is 0.267. The number of fused-ring (bicyclic) bond motifs is 1. The van der Waals surface area contributed by atoms with Gasteiger partial charge in [-0.1, -0.05) is 49.2 Å². The molecule has 0 radical (unpaired) electrons. The molecule has 0 aliphatic carbocycles. The van der Waals surface area contributed by atoms with E-state index in [1.165, 1.54) is 25.3 Å². The van der Waals surface area contributed by atoms with Crippen LogP contribution in [0.5, 0.6) is 28.7 Å². The van der Waals surface area contributed by atoms with Crippen molar-refractivity contribution in [3.8, 4) is 34.8 Å². The van der Waals surface area contributed by atoms with Crippen LogP contribution in [-0.4, -0.2) is 26.8 Å². The second-order valence-electron chi connectivity index (χ2n) is 9.43. The third-order valence-corrected chi connectivity index (χ3v) is 6.87. The van der Waals surface area contributed by atoms with Crippen LogP contribution in [0.15, 0.2) is 60.0 Å². The summed E-state index contributed by atoms with van der Waals surface area (Å²) in [6.45, 7) is 4.81. The van der Waals surface area contributed by atoms with Crippen LogP contribution in [0.3, 0.4) is 0 Å². The first-order chi connectivity index (χ1) is 19.2. The molecule has 1 aliphatic heterocycles. The minimum Gasteiger partial charge on any atom is -0.494 e. The first kappa shape index (κ1) is 28.9. The molecule has 4 rings (SSSR count). The number of esters is 1. The maximum Gasteiger partial charge on any atom is 0.343 e. The molecule has 0 saturated carbocycles. The molecule has 2 N–H and O–H groups in total. The van der Waals surface area contributed by atoms with E-state index in [2.05, 4.69) is 19.9 Å². The van der Waals surface area contributed by atoms with Gasteiger partial charge in [0.15, 0.2) is 17.2 Å². The minimum absolute atomic E-state index is 0.0478. The Morgan fingerprint density at radius 3 is 2.40 bits per heavy atom. The summed E-state index contributed by atoms with van der Waals surface area (Å²) in [6, 6.07) is 15.3. The van der Waals surface area contributed by atoms with Crippen LogP contribution in [0, 0.1) is 17.2 Å². The predicted octanol–water partition coefficient (Wildman–Crippen LogP) is 6.87. The molecule has 1 unspecified atom stereocenters. The molecule has 1 heterocycles. The van der Waals surface area contributed by atoms with Crippen molar-refractivity contribution in [3.63, 3.8) is 0 Å². The first-order valence-corrected chi connectivity index (χ1v) is 13.2. The Bertz CT molecular complexity index is 1490. The van der Waals surface area contributed by atoms with Crippen molar-refractivity contribution in [2.24, 2.45) is 11.7 Å². The number of carbonyl (C=O) groups is 1. The van der Waals surface area contributed by atoms with Gasteiger partial charge in [-0.15, -0.1) is 0 Å². The Kier molecular flexibility index (Phi) is 8.98. The summed E-state index contributed by atoms with van der Waals surface area (Å²) in [4.78, 5) is 12.8. The number of halogens is 2. The number of nitriles is 1. The molecule has 0 aromatic heterocycles. The van der Waals surface area contributed by atoms with E-state index in [-0.39, 0.29) is 38.6 Å². The van der Waals surface area contributed by atoms with Crippen LogP contribution in [0.25, 0.3) is 0 Å². The summed E-state index contributed by atoms with van der Waals surface area (Å²) in [5, 5.41) is 10.3. The van der Waals surface area contributed by atoms with Crippen molar-refractivity contribution < 1.29 is 28.5 Å². The smallest absolute Gasteiger partial charge is 0.343 e. The second kappa shape index (κ2) is 12.4. The molecule has 1 atom stereocenters. The van der Waals surface area contributed by atoms with E-state index in [1.54, 1.807) is 19.2 Å². The van der Waals surface area contributed by atoms with Gasteiger partial charge in [0.1, 0.15) is 23.1 Å². The fourth-order valence-corrected chi connectivity index (χ4v) is 4.91. The number of rotatable bonds is 9. The summed E-state index contributed by atoms with van der Waals surface area (Å²) in [7, 11) is 2.99. The number of hydrogen-bond acceptors (Lipinski definition) is 8. The number of hydrogen-bond donors (Lipinski definition) is 1. The largest absolute Gasteiger partial charge is 0.494 e. The van der Waals surface area contributed by atoms with E-state index in [0.717, 1.165) is 12.0 Å². The Labute approximate surface area is 242 Å². The van der Waals surface area contributed by atoms with Gasteiger partial charge in [-0.2, -0.15) is 5.26 Å². The highest BCUT2D eigenvalue weighted by Crippen LogP contribution is 2.45. The molecule has 0 bridgehead atoms. The first-order valence-electron chi connectivity index (χ1n) is 12.4. The van der Waals surface area contributed by atoms with E-state index >= 15 is 0 Å². The summed E-state index contributed by atoms with van der Waals surface area (Å²) in [5.74, 6) is 1.17. The van der Waals surface area contributed by atoms with Crippen LogP contribution < -0.4 is 29.4 Å². The second-order valence-corrected chi connectivity index (χ2v) is 10.2. The van der Waals surface area contributed by atoms with Gasteiger partial charge >= 0.3 is 5.97 Å². The number of methoxy groups -OCH3 is 2. The Morgan fingerprint density at radius 2 is 1.77 bits per heavy atom. The standard InChI is InChI=1S/C30H28Cl2N2O6/c1-16(2)9-10-38-24-8-5-17(13-26(24)36-3)27-20-7-6-19(14-25(20)40-29(34)21(27)15-33)39-30(35)18-11-22(31)28(37-4)23(32)12-18/h5-8,11-14,16,27H,9-10,34H2,1-4H3. The van der Waals surface area contributed by atoms with Crippen molar-refractivity contribution in [2.45, 2.75) is 26.2 Å². The van der Waals surface area contributed by atoms with Crippen LogP contribution in [0.2, 0.25) is 10.0 Å². The molecule has 0 amide bonds. The van der Waals surface area contributed by atoms with Crippen LogP contribution in [0.4, 0.5) is 0 Å². The lowest BCUT2D eigenvalue weighted by molar-refractivity contribution is 0.0734. The molecule has 1 aliphatic rings. The van der Waals surface area contributed by atoms with E-state index < -0.39 is 11.9 Å². The van der Waals surface area contributed by atoms with Crippen molar-refractivity contribution in [2.75, 3.05) is 20.8 Å². The van der Waals surface area contributed by atoms with Crippen molar-refractivity contribution >= 4 is 29.2 Å². The summed E-state index contributed by atoms with van der Waals surface area (Å²) < 4.78 is 27.9. The predicted molar refractivity (Wildman–Crippen MR) is 152 cm³/mol. The molecule has 10 heteroatoms. The van der Waals surface area contributed by atoms with Gasteiger partial charge in [-0.3, -0.25) is 0 Å². The van der Waals surface area contributed by atoms with Crippen molar-refractivity contribution in [3.05, 3.63) is 86.7 Å². The van der Waals surface area contributed by atoms with Crippen LogP contribution in [-0.2, 0) is 0 Å². The molecule has 208 valence electrons. The van der Waals surface area contributed by atoms with E-state index in [9.17, 15) is 10.1 Å². The summed E-state index contributed by atoms with van der Waals surface area (Å²) in [6.07, 6.45) is 0.904. The number of carbonyl (C=O) groups excluding carboxylic acids is 1. The quantitative estimate of drug-likeness (QED) is 0.215. The van der Waals surface area contributed by atoms with E-state index in [1.807, 2.05) is 18.2 Å². The molecule has 40 heavy (non-hydrogen) atoms. The van der Waals surface area contributed by atoms with Crippen molar-refractivity contribution in [1.29, 1.82) is 5.26 Å². The van der Waals surface area contributed by atoms with Gasteiger partial charge in [-0.25, -0.2) is 4.79 Å². The topological polar surface area (TPSA) is 113 Å². The fourth-order valence-electron chi connectivity index (χ4n) is 4.27. The van der Waals surface area contributed by atoms with Gasteiger partial charge in [0.25, 0.3) is 0 Å². The zero-order valence-corrected chi connectivity index (χ0v) is 23.9. The molecule has 8 nitrogen and oxygen atoms in total. The Morgan fingerprint density at radius 1 is 1.05 bits per heavy atom. The normalized spacial score (nSPS) is 14.2. The molecule has 0 spiro atoms. The lowest BCUT2D eigenvalue weighted by Gasteiger charge is -2.27. The molecule has 3 aromatic rings. The molecular weight excluding hydrogens is 555 g/mol. The Hall–Kier alpha value is -4.06. The highest BCUT2D eigenvalue weighted by Gasteiger charge is 2.32. The highest BCUT2D eigenvalue weighted by atomic mass is 35.5. The molecule has 0 fully saturated rings. The molecule has 3 aromatic carbocycles. The van der Waals surface area contributed by atoms with Gasteiger partial charge < -0.3 is 29.4 Å². The van der Waals surface area contributed by atoms with E-state index in [0.29, 0.717) is 35.3 Å². The van der Waals surface area contributed by atoms with E-state index in [4.69, 9.17) is 52.6 Å². The van der Waals surface area contributed by atoms with Crippen molar-refractivity contribution in [1.82, 2.24) is 0 Å². The SMILES string of the molecule is COc1cc(C2C(C#N)=C(N)Oc3cc(OC(=O)c4cc(Cl)c(OC)c(Cl)c4)ccc32)ccc1OCCC(C)C. The maximum atomic E-state index is 12.8. The number of benzene rings is 3. The molecule has 0 saturated heterocycles. The third kappa shape index (κ3) is 6.06. The average molecular weight is 583 g/mol. The average Bonchev–Trinajstić information content (AvgIpc) is 2.92. The number of nitrogens with two attached hydrogens (primary N) is 1. The van der Waals surface area contributed by atoms with Gasteiger partial charge in [0.05, 0.1) is 42.4 Å². The Balaban J connectivity index is 1.64. The number of nitrogens with zero attached hydrogens (tertiary/aromatic N) is 1. The summed E-state index contributed by atoms with van der Waals surface area (Å²) in [5.41, 5.74) is 7.96. The van der Waals surface area contributed by atoms with Gasteiger partial charge in [-0.05, 0) is 48.2 Å². The highest BCUT2D eigenvalue weighted by molar-refractivity contribution is 6.37. The van der Waals surface area contributed by atoms with Gasteiger partial charge in [0, 0.05) is 11.6 Å². The van der Waals surface area contributed by atoms with Crippen LogP contribution in [0.1, 0.15) is 47.7 Å². The van der Waals surface area contributed by atoms with Crippen LogP contribution >= 0.6 is 23.2 Å². The zero-order chi connectivity index (χ0) is 29.0. The third-order valence-electron chi connectivity index (χ3n) is 6.31. The maximum absolute atomic E-state index is 12.8. The summed E-state index contributed by atoms with van der Waals surface area (Å²) >= 11 is 12.3. The monoisotopic (exact) mass is 582 g/mol.